The number of aromatic nitrogens is 1. The number of hydrogen-bond donors (Lipinski definition) is 2. The fraction of sp³-hybridized carbons (Fsp3) is 0.500. The summed E-state index contributed by atoms with van der Waals surface area (Å²) in [5.41, 5.74) is 1.28. The van der Waals surface area contributed by atoms with Gasteiger partial charge in [-0.1, -0.05) is 13.8 Å². The van der Waals surface area contributed by atoms with Crippen LogP contribution in [0.3, 0.4) is 0 Å². The van der Waals surface area contributed by atoms with Crippen LogP contribution in [0.5, 0.6) is 0 Å². The molecule has 5 heteroatoms. The first kappa shape index (κ1) is 15.1. The van der Waals surface area contributed by atoms with Crippen LogP contribution in [-0.4, -0.2) is 22.0 Å². The van der Waals surface area contributed by atoms with Crippen molar-refractivity contribution in [3.8, 4) is 0 Å². The molecular weight excluding hydrogens is 244 g/mol. The Balaban J connectivity index is 2.67. The van der Waals surface area contributed by atoms with E-state index in [2.05, 4.69) is 10.3 Å². The van der Waals surface area contributed by atoms with Crippen LogP contribution in [0.4, 0.5) is 5.82 Å². The van der Waals surface area contributed by atoms with Gasteiger partial charge in [-0.25, -0.2) is 4.98 Å². The van der Waals surface area contributed by atoms with Gasteiger partial charge in [0.1, 0.15) is 5.82 Å². The van der Waals surface area contributed by atoms with E-state index in [1.54, 1.807) is 19.9 Å². The molecule has 19 heavy (non-hydrogen) atoms. The lowest BCUT2D eigenvalue weighted by Crippen LogP contribution is -2.25. The van der Waals surface area contributed by atoms with Gasteiger partial charge in [-0.15, -0.1) is 0 Å². The molecule has 0 saturated heterocycles. The van der Waals surface area contributed by atoms with Crippen LogP contribution in [0.25, 0.3) is 0 Å². The lowest BCUT2D eigenvalue weighted by atomic mass is 9.85. The Hall–Kier alpha value is -1.91. The van der Waals surface area contributed by atoms with E-state index in [1.165, 1.54) is 0 Å². The second-order valence-electron chi connectivity index (χ2n) is 5.63. The summed E-state index contributed by atoms with van der Waals surface area (Å²) in [6.07, 6.45) is 0.106. The van der Waals surface area contributed by atoms with Gasteiger partial charge in [-0.2, -0.15) is 0 Å². The maximum atomic E-state index is 11.9. The van der Waals surface area contributed by atoms with Crippen LogP contribution in [-0.2, 0) is 9.59 Å². The summed E-state index contributed by atoms with van der Waals surface area (Å²) in [5.74, 6) is -0.611. The Bertz CT molecular complexity index is 475. The van der Waals surface area contributed by atoms with Crippen LogP contribution in [0.1, 0.15) is 37.9 Å². The molecule has 2 N–H and O–H groups in total. The van der Waals surface area contributed by atoms with Crippen molar-refractivity contribution in [1.82, 2.24) is 4.98 Å². The highest BCUT2D eigenvalue weighted by atomic mass is 16.4. The monoisotopic (exact) mass is 264 g/mol. The summed E-state index contributed by atoms with van der Waals surface area (Å²) in [5, 5.41) is 11.5. The van der Waals surface area contributed by atoms with Gasteiger partial charge in [0, 0.05) is 12.1 Å². The van der Waals surface area contributed by atoms with E-state index in [-0.39, 0.29) is 18.7 Å². The van der Waals surface area contributed by atoms with Gasteiger partial charge in [0.25, 0.3) is 0 Å². The van der Waals surface area contributed by atoms with Crippen molar-refractivity contribution in [2.24, 2.45) is 5.41 Å². The van der Waals surface area contributed by atoms with Crippen molar-refractivity contribution in [1.29, 1.82) is 0 Å². The average molecular weight is 264 g/mol. The second kappa shape index (κ2) is 5.82. The van der Waals surface area contributed by atoms with Gasteiger partial charge in [0.05, 0.1) is 6.42 Å². The molecule has 0 bridgehead atoms. The third-order valence-electron chi connectivity index (χ3n) is 2.63. The molecule has 1 heterocycles. The molecule has 1 amide bonds. The number of aryl methyl sites for hydroxylation is 2. The molecule has 0 radical (unpaired) electrons. The van der Waals surface area contributed by atoms with Crippen LogP contribution in [0.2, 0.25) is 0 Å². The second-order valence-corrected chi connectivity index (χ2v) is 5.63. The summed E-state index contributed by atoms with van der Waals surface area (Å²) in [4.78, 5) is 26.8. The molecule has 0 saturated carbocycles. The number of amides is 1. The van der Waals surface area contributed by atoms with Crippen LogP contribution < -0.4 is 5.32 Å². The van der Waals surface area contributed by atoms with E-state index >= 15 is 0 Å². The number of hydrogen-bond acceptors (Lipinski definition) is 3. The van der Waals surface area contributed by atoms with E-state index in [4.69, 9.17) is 5.11 Å². The zero-order valence-corrected chi connectivity index (χ0v) is 11.8. The van der Waals surface area contributed by atoms with Crippen molar-refractivity contribution in [3.05, 3.63) is 23.4 Å². The SMILES string of the molecule is Cc1cc(C)nc(NC(=O)CC(C)(C)CC(=O)O)c1. The Kier molecular flexibility index (Phi) is 4.64. The highest BCUT2D eigenvalue weighted by Gasteiger charge is 2.25. The van der Waals surface area contributed by atoms with Crippen LogP contribution in [0.15, 0.2) is 12.1 Å². The molecular formula is C14H20N2O3. The Labute approximate surface area is 113 Å². The summed E-state index contributed by atoms with van der Waals surface area (Å²) < 4.78 is 0. The fourth-order valence-corrected chi connectivity index (χ4v) is 2.00. The van der Waals surface area contributed by atoms with Crippen molar-refractivity contribution < 1.29 is 14.7 Å². The smallest absolute Gasteiger partial charge is 0.303 e. The van der Waals surface area contributed by atoms with Gasteiger partial charge in [0.2, 0.25) is 5.91 Å². The molecule has 0 atom stereocenters. The highest BCUT2D eigenvalue weighted by molar-refractivity contribution is 5.90. The van der Waals surface area contributed by atoms with E-state index in [0.29, 0.717) is 5.82 Å². The van der Waals surface area contributed by atoms with Gasteiger partial charge in [-0.3, -0.25) is 9.59 Å². The predicted molar refractivity (Wildman–Crippen MR) is 73.0 cm³/mol. The lowest BCUT2D eigenvalue weighted by Gasteiger charge is -2.21. The molecule has 5 nitrogen and oxygen atoms in total. The molecule has 0 aliphatic rings. The van der Waals surface area contributed by atoms with Gasteiger partial charge in [0.15, 0.2) is 0 Å². The Morgan fingerprint density at radius 2 is 1.89 bits per heavy atom. The molecule has 104 valence electrons. The molecule has 0 spiro atoms. The number of carbonyl (C=O) groups is 2. The summed E-state index contributed by atoms with van der Waals surface area (Å²) in [6.45, 7) is 7.31. The topological polar surface area (TPSA) is 79.3 Å². The predicted octanol–water partition coefficient (Wildman–Crippen LogP) is 2.53. The minimum absolute atomic E-state index is 0.0410. The minimum atomic E-state index is -0.901. The summed E-state index contributed by atoms with van der Waals surface area (Å²) in [6, 6.07) is 3.71. The molecule has 0 fully saturated rings. The number of nitrogens with one attached hydrogen (secondary N) is 1. The van der Waals surface area contributed by atoms with Gasteiger partial charge in [-0.05, 0) is 37.0 Å². The zero-order valence-electron chi connectivity index (χ0n) is 11.8. The quantitative estimate of drug-likeness (QED) is 0.856. The van der Waals surface area contributed by atoms with E-state index < -0.39 is 11.4 Å². The minimum Gasteiger partial charge on any atom is -0.481 e. The highest BCUT2D eigenvalue weighted by Crippen LogP contribution is 2.25. The number of pyridine rings is 1. The maximum Gasteiger partial charge on any atom is 0.303 e. The maximum absolute atomic E-state index is 11.9. The van der Waals surface area contributed by atoms with Gasteiger partial charge >= 0.3 is 5.97 Å². The number of carboxylic acid groups (broad SMARTS) is 1. The molecule has 1 aromatic heterocycles. The van der Waals surface area contributed by atoms with Crippen molar-refractivity contribution >= 4 is 17.7 Å². The van der Waals surface area contributed by atoms with E-state index in [9.17, 15) is 9.59 Å². The third kappa shape index (κ3) is 5.50. The number of aliphatic carboxylic acids is 1. The largest absolute Gasteiger partial charge is 0.481 e. The standard InChI is InChI=1S/C14H20N2O3/c1-9-5-10(2)15-11(6-9)16-12(17)7-14(3,4)8-13(18)19/h5-6H,7-8H2,1-4H3,(H,18,19)(H,15,16,17). The van der Waals surface area contributed by atoms with E-state index in [0.717, 1.165) is 11.3 Å². The first-order valence-electron chi connectivity index (χ1n) is 6.15. The summed E-state index contributed by atoms with van der Waals surface area (Å²) >= 11 is 0. The van der Waals surface area contributed by atoms with Crippen LogP contribution in [0, 0.1) is 19.3 Å². The fourth-order valence-electron chi connectivity index (χ4n) is 2.00. The van der Waals surface area contributed by atoms with Crippen LogP contribution >= 0.6 is 0 Å². The van der Waals surface area contributed by atoms with Crippen molar-refractivity contribution in [2.45, 2.75) is 40.5 Å². The Morgan fingerprint density at radius 1 is 1.26 bits per heavy atom. The molecule has 1 aromatic rings. The van der Waals surface area contributed by atoms with E-state index in [1.807, 2.05) is 19.9 Å². The summed E-state index contributed by atoms with van der Waals surface area (Å²) in [7, 11) is 0. The number of carbonyl (C=O) groups excluding carboxylic acids is 1. The van der Waals surface area contributed by atoms with Gasteiger partial charge < -0.3 is 10.4 Å². The zero-order chi connectivity index (χ0) is 14.6. The van der Waals surface area contributed by atoms with Crippen molar-refractivity contribution in [2.75, 3.05) is 5.32 Å². The number of anilines is 1. The number of rotatable bonds is 5. The molecule has 1 rings (SSSR count). The first-order chi connectivity index (χ1) is 8.68. The first-order valence-corrected chi connectivity index (χ1v) is 6.15. The third-order valence-corrected chi connectivity index (χ3v) is 2.63. The average Bonchev–Trinajstić information content (AvgIpc) is 2.10. The molecule has 0 aliphatic carbocycles. The normalized spacial score (nSPS) is 11.2. The number of nitrogens with zero attached hydrogens (tertiary/aromatic N) is 1. The van der Waals surface area contributed by atoms with Crippen molar-refractivity contribution in [3.63, 3.8) is 0 Å². The molecule has 0 unspecified atom stereocenters. The molecule has 0 aromatic carbocycles. The Morgan fingerprint density at radius 3 is 2.42 bits per heavy atom. The lowest BCUT2D eigenvalue weighted by molar-refractivity contribution is -0.139. The number of carboxylic acids is 1. The molecule has 0 aliphatic heterocycles.